The molecule has 1 fully saturated rings. The van der Waals surface area contributed by atoms with Crippen LogP contribution >= 0.6 is 0 Å². The van der Waals surface area contributed by atoms with Crippen LogP contribution in [-0.2, 0) is 20.7 Å². The van der Waals surface area contributed by atoms with Gasteiger partial charge in [0, 0.05) is 13.8 Å². The molecule has 5 heteroatoms. The highest BCUT2D eigenvalue weighted by atomic mass is 16.7. The van der Waals surface area contributed by atoms with Crippen LogP contribution in [0.25, 0.3) is 0 Å². The molecule has 130 valence electrons. The van der Waals surface area contributed by atoms with Gasteiger partial charge in [-0.2, -0.15) is 0 Å². The second-order valence-electron chi connectivity index (χ2n) is 6.94. The molecule has 1 aromatic rings. The van der Waals surface area contributed by atoms with Crippen LogP contribution in [0, 0.1) is 0 Å². The number of carbonyl (C=O) groups is 2. The van der Waals surface area contributed by atoms with Gasteiger partial charge in [-0.15, -0.1) is 0 Å². The van der Waals surface area contributed by atoms with Crippen LogP contribution in [0.2, 0.25) is 0 Å². The van der Waals surface area contributed by atoms with E-state index in [2.05, 4.69) is 0 Å². The summed E-state index contributed by atoms with van der Waals surface area (Å²) in [6.07, 6.45) is 6.17. The molecule has 0 saturated carbocycles. The fourth-order valence-corrected chi connectivity index (χ4v) is 3.42. The van der Waals surface area contributed by atoms with Gasteiger partial charge in [0.2, 0.25) is 5.79 Å². The summed E-state index contributed by atoms with van der Waals surface area (Å²) in [4.78, 5) is 23.2. The number of hydrogen-bond donors (Lipinski definition) is 0. The van der Waals surface area contributed by atoms with Gasteiger partial charge in [-0.3, -0.25) is 0 Å². The minimum Gasteiger partial charge on any atom is -0.452 e. The van der Waals surface area contributed by atoms with Gasteiger partial charge < -0.3 is 19.0 Å². The zero-order chi connectivity index (χ0) is 17.2. The molecular formula is C19H24O5. The Morgan fingerprint density at radius 2 is 2.08 bits per heavy atom. The van der Waals surface area contributed by atoms with Gasteiger partial charge in [-0.1, -0.05) is 12.1 Å². The number of ether oxygens (including phenoxy) is 3. The van der Waals surface area contributed by atoms with Crippen LogP contribution in [0.1, 0.15) is 61.9 Å². The average molecular weight is 332 g/mol. The van der Waals surface area contributed by atoms with Gasteiger partial charge in [0.05, 0.1) is 6.10 Å². The third kappa shape index (κ3) is 3.78. The molecule has 0 radical (unpaired) electrons. The first-order valence-corrected chi connectivity index (χ1v) is 8.63. The van der Waals surface area contributed by atoms with E-state index in [1.54, 1.807) is 19.9 Å². The number of hydrogen-bond acceptors (Lipinski definition) is 5. The highest BCUT2D eigenvalue weighted by Crippen LogP contribution is 2.34. The van der Waals surface area contributed by atoms with E-state index in [1.807, 2.05) is 12.1 Å². The Kier molecular flexibility index (Phi) is 4.90. The quantitative estimate of drug-likeness (QED) is 0.610. The monoisotopic (exact) mass is 332 g/mol. The first-order chi connectivity index (χ1) is 11.5. The van der Waals surface area contributed by atoms with Crippen molar-refractivity contribution in [1.82, 2.24) is 0 Å². The van der Waals surface area contributed by atoms with E-state index in [4.69, 9.17) is 14.2 Å². The Balaban J connectivity index is 1.62. The zero-order valence-corrected chi connectivity index (χ0v) is 14.2. The van der Waals surface area contributed by atoms with E-state index >= 15 is 0 Å². The van der Waals surface area contributed by atoms with E-state index in [9.17, 15) is 9.59 Å². The van der Waals surface area contributed by atoms with Crippen molar-refractivity contribution in [2.24, 2.45) is 0 Å². The number of rotatable bonds is 5. The van der Waals surface area contributed by atoms with Crippen LogP contribution in [0.5, 0.6) is 5.75 Å². The molecule has 0 amide bonds. The fourth-order valence-electron chi connectivity index (χ4n) is 3.42. The molecule has 1 aromatic carbocycles. The number of carbonyl (C=O) groups excluding carboxylic acids is 2. The lowest BCUT2D eigenvalue weighted by molar-refractivity contribution is -0.128. The Bertz CT molecular complexity index is 622. The maximum Gasteiger partial charge on any atom is 0.345 e. The first-order valence-electron chi connectivity index (χ1n) is 8.63. The van der Waals surface area contributed by atoms with Crippen LogP contribution in [-0.4, -0.2) is 30.3 Å². The summed E-state index contributed by atoms with van der Waals surface area (Å²) in [5.74, 6) is -0.668. The Hall–Kier alpha value is -1.88. The predicted molar refractivity (Wildman–Crippen MR) is 88.1 cm³/mol. The van der Waals surface area contributed by atoms with E-state index in [0.717, 1.165) is 50.4 Å². The maximum atomic E-state index is 12.3. The number of esters is 1. The molecule has 2 aliphatic heterocycles. The van der Waals surface area contributed by atoms with E-state index in [1.165, 1.54) is 0 Å². The minimum absolute atomic E-state index is 0.135. The van der Waals surface area contributed by atoms with Crippen molar-refractivity contribution >= 4 is 12.3 Å². The molecule has 1 saturated heterocycles. The molecule has 0 spiro atoms. The second-order valence-corrected chi connectivity index (χ2v) is 6.94. The smallest absolute Gasteiger partial charge is 0.345 e. The van der Waals surface area contributed by atoms with Crippen LogP contribution in [0.4, 0.5) is 0 Å². The second kappa shape index (κ2) is 6.93. The third-order valence-electron chi connectivity index (χ3n) is 4.52. The van der Waals surface area contributed by atoms with Gasteiger partial charge in [0.1, 0.15) is 23.7 Å². The Morgan fingerprint density at radius 1 is 1.25 bits per heavy atom. The van der Waals surface area contributed by atoms with Crippen LogP contribution in [0.3, 0.4) is 0 Å². The van der Waals surface area contributed by atoms with Crippen LogP contribution in [0.15, 0.2) is 18.2 Å². The molecule has 2 heterocycles. The van der Waals surface area contributed by atoms with Gasteiger partial charge in [0.25, 0.3) is 0 Å². The molecule has 2 aliphatic rings. The largest absolute Gasteiger partial charge is 0.452 e. The van der Waals surface area contributed by atoms with Crippen molar-refractivity contribution in [2.45, 2.75) is 70.4 Å². The number of benzene rings is 1. The lowest BCUT2D eigenvalue weighted by atomic mass is 9.96. The first kappa shape index (κ1) is 17.0. The summed E-state index contributed by atoms with van der Waals surface area (Å²) in [6, 6.07) is 5.65. The van der Waals surface area contributed by atoms with Crippen molar-refractivity contribution < 1.29 is 23.8 Å². The SMILES string of the molecule is CC1(C)OC(=O)c2c(CCC[C@H]3CCC[C@@H](C=O)O3)cccc2O1. The number of aldehydes is 1. The van der Waals surface area contributed by atoms with Crippen molar-refractivity contribution in [3.05, 3.63) is 29.3 Å². The van der Waals surface area contributed by atoms with Crippen molar-refractivity contribution in [2.75, 3.05) is 0 Å². The highest BCUT2D eigenvalue weighted by molar-refractivity contribution is 5.95. The summed E-state index contributed by atoms with van der Waals surface area (Å²) < 4.78 is 16.8. The van der Waals surface area contributed by atoms with Gasteiger partial charge >= 0.3 is 5.97 Å². The summed E-state index contributed by atoms with van der Waals surface area (Å²) in [5.41, 5.74) is 1.47. The fraction of sp³-hybridized carbons (Fsp3) is 0.579. The Morgan fingerprint density at radius 3 is 2.88 bits per heavy atom. The van der Waals surface area contributed by atoms with Crippen LogP contribution < -0.4 is 4.74 Å². The molecule has 0 bridgehead atoms. The maximum absolute atomic E-state index is 12.3. The standard InChI is InChI=1S/C19H24O5/c1-19(2)23-16-11-4-7-13(17(16)18(21)24-19)6-3-8-14-9-5-10-15(12-20)22-14/h4,7,11-12,14-15H,3,5-6,8-10H2,1-2H3/t14-,15-/m0/s1. The summed E-state index contributed by atoms with van der Waals surface area (Å²) in [6.45, 7) is 3.45. The summed E-state index contributed by atoms with van der Waals surface area (Å²) in [5, 5.41) is 0. The lowest BCUT2D eigenvalue weighted by Crippen LogP contribution is -2.39. The summed E-state index contributed by atoms with van der Waals surface area (Å²) >= 11 is 0. The average Bonchev–Trinajstić information content (AvgIpc) is 2.53. The number of aryl methyl sites for hydroxylation is 1. The highest BCUT2D eigenvalue weighted by Gasteiger charge is 2.35. The molecule has 0 unspecified atom stereocenters. The lowest BCUT2D eigenvalue weighted by Gasteiger charge is -2.32. The molecule has 5 nitrogen and oxygen atoms in total. The molecule has 0 N–H and O–H groups in total. The number of fused-ring (bicyclic) bond motifs is 1. The summed E-state index contributed by atoms with van der Waals surface area (Å²) in [7, 11) is 0. The van der Waals surface area contributed by atoms with Gasteiger partial charge in [-0.25, -0.2) is 4.79 Å². The van der Waals surface area contributed by atoms with Gasteiger partial charge in [-0.05, 0) is 50.2 Å². The Labute approximate surface area is 142 Å². The molecule has 0 aromatic heterocycles. The van der Waals surface area contributed by atoms with Crippen molar-refractivity contribution in [3.63, 3.8) is 0 Å². The van der Waals surface area contributed by atoms with Crippen molar-refractivity contribution in [1.29, 1.82) is 0 Å². The van der Waals surface area contributed by atoms with Gasteiger partial charge in [0.15, 0.2) is 0 Å². The van der Waals surface area contributed by atoms with E-state index < -0.39 is 5.79 Å². The topological polar surface area (TPSA) is 61.8 Å². The molecule has 2 atom stereocenters. The molecule has 3 rings (SSSR count). The molecule has 24 heavy (non-hydrogen) atoms. The number of cyclic esters (lactones) is 1. The van der Waals surface area contributed by atoms with E-state index in [-0.39, 0.29) is 18.2 Å². The van der Waals surface area contributed by atoms with E-state index in [0.29, 0.717) is 11.3 Å². The molecule has 0 aliphatic carbocycles. The minimum atomic E-state index is -0.928. The van der Waals surface area contributed by atoms with Crippen molar-refractivity contribution in [3.8, 4) is 5.75 Å². The normalized spacial score (nSPS) is 25.3. The predicted octanol–water partition coefficient (Wildman–Crippen LogP) is 3.43. The zero-order valence-electron chi connectivity index (χ0n) is 14.2. The third-order valence-corrected chi connectivity index (χ3v) is 4.52. The molecular weight excluding hydrogens is 308 g/mol.